The molecule has 5 aromatic rings. The molecule has 0 spiro atoms. The lowest BCUT2D eigenvalue weighted by Gasteiger charge is -2.06. The highest BCUT2D eigenvalue weighted by Gasteiger charge is 2.13. The van der Waals surface area contributed by atoms with Crippen LogP contribution >= 0.6 is 11.3 Å². The van der Waals surface area contributed by atoms with Crippen molar-refractivity contribution in [3.63, 3.8) is 0 Å². The average Bonchev–Trinajstić information content (AvgIpc) is 3.37. The van der Waals surface area contributed by atoms with Gasteiger partial charge in [0.05, 0.1) is 28.4 Å². The highest BCUT2D eigenvalue weighted by Crippen LogP contribution is 2.26. The Balaban J connectivity index is 1.31. The molecule has 0 fully saturated rings. The largest absolute Gasteiger partial charge is 0.302 e. The van der Waals surface area contributed by atoms with Crippen molar-refractivity contribution >= 4 is 43.6 Å². The fraction of sp³-hybridized carbons (Fsp3) is 0.136. The van der Waals surface area contributed by atoms with Crippen LogP contribution in [0.15, 0.2) is 65.8 Å². The Morgan fingerprint density at radius 3 is 2.84 bits per heavy atom. The number of aryl methyl sites for hydroxylation is 2. The Morgan fingerprint density at radius 2 is 2.00 bits per heavy atom. The second-order valence-electron chi connectivity index (χ2n) is 7.16. The van der Waals surface area contributed by atoms with Crippen molar-refractivity contribution in [2.45, 2.75) is 19.9 Å². The Bertz CT molecular complexity index is 1470. The summed E-state index contributed by atoms with van der Waals surface area (Å²) in [4.78, 5) is 34.1. The molecular weight excluding hydrogens is 412 g/mol. The van der Waals surface area contributed by atoms with Gasteiger partial charge in [0.2, 0.25) is 5.91 Å². The second kappa shape index (κ2) is 7.77. The zero-order chi connectivity index (χ0) is 21.4. The molecule has 1 amide bonds. The Morgan fingerprint density at radius 1 is 1.16 bits per heavy atom. The number of fused-ring (bicyclic) bond motifs is 2. The monoisotopic (exact) mass is 430 g/mol. The van der Waals surface area contributed by atoms with Crippen LogP contribution in [0.2, 0.25) is 0 Å². The molecule has 0 atom stereocenters. The number of thiazole rings is 1. The molecule has 0 aliphatic heterocycles. The van der Waals surface area contributed by atoms with E-state index < -0.39 is 0 Å². The van der Waals surface area contributed by atoms with Gasteiger partial charge < -0.3 is 5.32 Å². The molecule has 31 heavy (non-hydrogen) atoms. The molecule has 1 N–H and O–H groups in total. The maximum absolute atomic E-state index is 12.8. The molecule has 0 aliphatic rings. The van der Waals surface area contributed by atoms with E-state index in [0.717, 1.165) is 21.5 Å². The zero-order valence-electron chi connectivity index (χ0n) is 16.6. The first-order valence-electron chi connectivity index (χ1n) is 9.74. The SMILES string of the molecule is Cc1ccc2nc(NC(=O)CCn3cnc4c(cnn4-c4ccccc4)c3=O)sc2c1. The standard InChI is InChI=1S/C22H18N6O2S/c1-14-7-8-17-18(11-14)31-22(25-17)26-19(29)9-10-27-13-23-20-16(21(27)30)12-24-28(20)15-5-3-2-4-6-15/h2-8,11-13H,9-10H2,1H3,(H,25,26,29). The van der Waals surface area contributed by atoms with Crippen molar-refractivity contribution in [2.75, 3.05) is 5.32 Å². The van der Waals surface area contributed by atoms with Crippen LogP contribution in [0.4, 0.5) is 5.13 Å². The fourth-order valence-corrected chi connectivity index (χ4v) is 4.34. The summed E-state index contributed by atoms with van der Waals surface area (Å²) < 4.78 is 4.08. The number of benzene rings is 2. The minimum absolute atomic E-state index is 0.134. The molecule has 0 radical (unpaired) electrons. The van der Waals surface area contributed by atoms with E-state index in [4.69, 9.17) is 0 Å². The first-order chi connectivity index (χ1) is 15.1. The number of carbonyl (C=O) groups is 1. The van der Waals surface area contributed by atoms with Gasteiger partial charge in [-0.1, -0.05) is 35.6 Å². The predicted molar refractivity (Wildman–Crippen MR) is 121 cm³/mol. The Kier molecular flexibility index (Phi) is 4.79. The number of nitrogens with zero attached hydrogens (tertiary/aromatic N) is 5. The van der Waals surface area contributed by atoms with Crippen molar-refractivity contribution in [1.82, 2.24) is 24.3 Å². The van der Waals surface area contributed by atoms with E-state index in [1.54, 1.807) is 4.68 Å². The average molecular weight is 430 g/mol. The van der Waals surface area contributed by atoms with Crippen molar-refractivity contribution in [1.29, 1.82) is 0 Å². The molecule has 2 aromatic carbocycles. The van der Waals surface area contributed by atoms with Gasteiger partial charge in [0.1, 0.15) is 5.39 Å². The van der Waals surface area contributed by atoms with Gasteiger partial charge in [0, 0.05) is 13.0 Å². The van der Waals surface area contributed by atoms with Crippen LogP contribution in [0.3, 0.4) is 0 Å². The third-order valence-corrected chi connectivity index (χ3v) is 5.86. The molecule has 0 bridgehead atoms. The van der Waals surface area contributed by atoms with Crippen LogP contribution in [-0.2, 0) is 11.3 Å². The van der Waals surface area contributed by atoms with E-state index in [1.807, 2.05) is 55.5 Å². The van der Waals surface area contributed by atoms with E-state index in [1.165, 1.54) is 28.4 Å². The molecule has 0 saturated heterocycles. The summed E-state index contributed by atoms with van der Waals surface area (Å²) in [6, 6.07) is 15.5. The van der Waals surface area contributed by atoms with Crippen LogP contribution in [0, 0.1) is 6.92 Å². The van der Waals surface area contributed by atoms with E-state index in [9.17, 15) is 9.59 Å². The number of nitrogens with one attached hydrogen (secondary N) is 1. The quantitative estimate of drug-likeness (QED) is 0.460. The summed E-state index contributed by atoms with van der Waals surface area (Å²) in [6.07, 6.45) is 3.10. The summed E-state index contributed by atoms with van der Waals surface area (Å²) in [6.45, 7) is 2.23. The summed E-state index contributed by atoms with van der Waals surface area (Å²) in [7, 11) is 0. The molecule has 3 heterocycles. The number of aromatic nitrogens is 5. The van der Waals surface area contributed by atoms with Crippen LogP contribution in [0.5, 0.6) is 0 Å². The molecule has 154 valence electrons. The lowest BCUT2D eigenvalue weighted by atomic mass is 10.2. The molecule has 0 aliphatic carbocycles. The molecule has 3 aromatic heterocycles. The van der Waals surface area contributed by atoms with Crippen molar-refractivity contribution < 1.29 is 4.79 Å². The zero-order valence-corrected chi connectivity index (χ0v) is 17.5. The topological polar surface area (TPSA) is 94.7 Å². The normalized spacial score (nSPS) is 11.3. The van der Waals surface area contributed by atoms with Gasteiger partial charge in [-0.25, -0.2) is 14.6 Å². The van der Waals surface area contributed by atoms with Crippen molar-refractivity contribution in [3.05, 3.63) is 77.0 Å². The first kappa shape index (κ1) is 19.1. The van der Waals surface area contributed by atoms with Gasteiger partial charge in [-0.15, -0.1) is 0 Å². The van der Waals surface area contributed by atoms with E-state index in [0.29, 0.717) is 16.2 Å². The number of carbonyl (C=O) groups excluding carboxylic acids is 1. The highest BCUT2D eigenvalue weighted by molar-refractivity contribution is 7.22. The predicted octanol–water partition coefficient (Wildman–Crippen LogP) is 3.53. The summed E-state index contributed by atoms with van der Waals surface area (Å²) in [5.74, 6) is -0.206. The van der Waals surface area contributed by atoms with Crippen LogP contribution in [-0.4, -0.2) is 30.2 Å². The van der Waals surface area contributed by atoms with Gasteiger partial charge in [0.25, 0.3) is 5.56 Å². The Labute approximate surface area is 180 Å². The van der Waals surface area contributed by atoms with E-state index in [2.05, 4.69) is 20.4 Å². The summed E-state index contributed by atoms with van der Waals surface area (Å²) >= 11 is 1.43. The van der Waals surface area contributed by atoms with Gasteiger partial charge in [-0.3, -0.25) is 14.2 Å². The smallest absolute Gasteiger partial charge is 0.264 e. The summed E-state index contributed by atoms with van der Waals surface area (Å²) in [5, 5.41) is 8.08. The van der Waals surface area contributed by atoms with Crippen LogP contribution < -0.4 is 10.9 Å². The van der Waals surface area contributed by atoms with Gasteiger partial charge in [-0.2, -0.15) is 5.10 Å². The molecular formula is C22H18N6O2S. The number of rotatable bonds is 5. The van der Waals surface area contributed by atoms with Crippen molar-refractivity contribution in [2.24, 2.45) is 0 Å². The highest BCUT2D eigenvalue weighted by atomic mass is 32.1. The minimum Gasteiger partial charge on any atom is -0.302 e. The van der Waals surface area contributed by atoms with Gasteiger partial charge >= 0.3 is 0 Å². The van der Waals surface area contributed by atoms with Crippen LogP contribution in [0.25, 0.3) is 26.9 Å². The molecule has 0 unspecified atom stereocenters. The number of hydrogen-bond donors (Lipinski definition) is 1. The Hall–Kier alpha value is -3.85. The maximum atomic E-state index is 12.8. The molecule has 5 rings (SSSR count). The van der Waals surface area contributed by atoms with E-state index in [-0.39, 0.29) is 24.4 Å². The third kappa shape index (κ3) is 3.71. The lowest BCUT2D eigenvalue weighted by molar-refractivity contribution is -0.116. The molecule has 9 heteroatoms. The van der Waals surface area contributed by atoms with Crippen molar-refractivity contribution in [3.8, 4) is 5.69 Å². The molecule has 8 nitrogen and oxygen atoms in total. The minimum atomic E-state index is -0.226. The number of amides is 1. The lowest BCUT2D eigenvalue weighted by Crippen LogP contribution is -2.23. The third-order valence-electron chi connectivity index (χ3n) is 4.93. The first-order valence-corrected chi connectivity index (χ1v) is 10.6. The number of para-hydroxylation sites is 1. The van der Waals surface area contributed by atoms with Gasteiger partial charge in [-0.05, 0) is 36.8 Å². The number of anilines is 1. The maximum Gasteiger partial charge on any atom is 0.264 e. The number of hydrogen-bond acceptors (Lipinski definition) is 6. The summed E-state index contributed by atoms with van der Waals surface area (Å²) in [5.41, 5.74) is 3.09. The van der Waals surface area contributed by atoms with Crippen LogP contribution in [0.1, 0.15) is 12.0 Å². The van der Waals surface area contributed by atoms with E-state index >= 15 is 0 Å². The van der Waals surface area contributed by atoms with Gasteiger partial charge in [0.15, 0.2) is 10.8 Å². The molecule has 0 saturated carbocycles. The second-order valence-corrected chi connectivity index (χ2v) is 8.19. The fourth-order valence-electron chi connectivity index (χ4n) is 3.36.